The summed E-state index contributed by atoms with van der Waals surface area (Å²) in [5, 5.41) is 12.3. The van der Waals surface area contributed by atoms with Crippen LogP contribution in [0.4, 0.5) is 4.39 Å². The number of aromatic nitrogens is 1. The molecule has 0 aliphatic heterocycles. The molecule has 0 saturated heterocycles. The third-order valence-electron chi connectivity index (χ3n) is 12.7. The number of carboxylic acids is 1. The first-order valence-electron chi connectivity index (χ1n) is 20.3. The molecule has 5 atom stereocenters. The monoisotopic (exact) mass is 857 g/mol. The van der Waals surface area contributed by atoms with Crippen molar-refractivity contribution in [2.45, 2.75) is 202 Å². The van der Waals surface area contributed by atoms with Gasteiger partial charge in [0.2, 0.25) is 0 Å². The summed E-state index contributed by atoms with van der Waals surface area (Å²) in [6.07, 6.45) is 1.71. The number of ketones is 1. The first-order valence-corrected chi connectivity index (χ1v) is 29.9. The van der Waals surface area contributed by atoms with Crippen molar-refractivity contribution in [1.29, 1.82) is 0 Å². The summed E-state index contributed by atoms with van der Waals surface area (Å²) in [6, 6.07) is 0. The molecule has 324 valence electrons. The molecule has 1 aromatic heterocycles. The number of rotatable bonds is 21. The normalized spacial score (nSPS) is 17.4. The van der Waals surface area contributed by atoms with E-state index in [1.807, 2.05) is 53.0 Å². The molecule has 0 unspecified atom stereocenters. The zero-order valence-corrected chi connectivity index (χ0v) is 42.9. The number of hydrogen-bond donors (Lipinski definition) is 1. The molecule has 0 aliphatic carbocycles. The van der Waals surface area contributed by atoms with Crippen LogP contribution in [0.25, 0.3) is 6.08 Å². The number of carbonyl (C=O) groups is 2. The molecule has 8 nitrogen and oxygen atoms in total. The second-order valence-corrected chi connectivity index (χ2v) is 36.3. The van der Waals surface area contributed by atoms with Crippen LogP contribution in [0.2, 0.25) is 54.4 Å². The Morgan fingerprint density at radius 3 is 1.79 bits per heavy atom. The lowest BCUT2D eigenvalue weighted by Crippen LogP contribution is -2.55. The highest BCUT2D eigenvalue weighted by molar-refractivity contribution is 7.09. The molecule has 1 N–H and O–H groups in total. The fraction of sp³-hybridized carbons (Fsp3) is 0.791. The van der Waals surface area contributed by atoms with Gasteiger partial charge in [-0.15, -0.1) is 11.3 Å². The summed E-state index contributed by atoms with van der Waals surface area (Å²) < 4.78 is 42.7. The van der Waals surface area contributed by atoms with Crippen LogP contribution in [0.5, 0.6) is 0 Å². The van der Waals surface area contributed by atoms with Gasteiger partial charge in [-0.1, -0.05) is 94.7 Å². The maximum absolute atomic E-state index is 15.9. The summed E-state index contributed by atoms with van der Waals surface area (Å²) >= 11 is 1.49. The lowest BCUT2D eigenvalue weighted by Gasteiger charge is -2.46. The number of aliphatic carboxylic acids is 1. The summed E-state index contributed by atoms with van der Waals surface area (Å²) in [4.78, 5) is 31.2. The van der Waals surface area contributed by atoms with Crippen LogP contribution in [0, 0.1) is 18.3 Å². The number of thiazole rings is 1. The second-order valence-electron chi connectivity index (χ2n) is 21.0. The molecule has 0 saturated carbocycles. The molecule has 0 fully saturated rings. The molecule has 13 heteroatoms. The smallest absolute Gasteiger partial charge is 0.305 e. The lowest BCUT2D eigenvalue weighted by molar-refractivity contribution is -0.148. The van der Waals surface area contributed by atoms with E-state index in [1.165, 1.54) is 17.4 Å². The molecule has 0 spiro atoms. The Bertz CT molecular complexity index is 1520. The molecule has 0 aromatic carbocycles. The highest BCUT2D eigenvalue weighted by atomic mass is 32.1. The third-order valence-corrected chi connectivity index (χ3v) is 26.9. The molecule has 0 radical (unpaired) electrons. The quantitative estimate of drug-likeness (QED) is 0.0963. The van der Waals surface area contributed by atoms with Gasteiger partial charge in [0.05, 0.1) is 42.0 Å². The minimum atomic E-state index is -2.43. The lowest BCUT2D eigenvalue weighted by atomic mass is 9.74. The van der Waals surface area contributed by atoms with E-state index in [9.17, 15) is 14.7 Å². The van der Waals surface area contributed by atoms with Crippen LogP contribution in [0.3, 0.4) is 0 Å². The van der Waals surface area contributed by atoms with Gasteiger partial charge < -0.3 is 23.1 Å². The highest BCUT2D eigenvalue weighted by Crippen LogP contribution is 2.44. The van der Waals surface area contributed by atoms with E-state index in [2.05, 4.69) is 107 Å². The zero-order chi connectivity index (χ0) is 44.0. The molecule has 0 amide bonds. The highest BCUT2D eigenvalue weighted by Gasteiger charge is 2.50. The summed E-state index contributed by atoms with van der Waals surface area (Å²) in [7, 11) is -7.11. The van der Waals surface area contributed by atoms with E-state index in [-0.39, 0.29) is 33.1 Å². The maximum atomic E-state index is 15.9. The summed E-state index contributed by atoms with van der Waals surface area (Å²) in [6.45, 7) is 43.8. The minimum Gasteiger partial charge on any atom is -0.481 e. The maximum Gasteiger partial charge on any atom is 0.305 e. The van der Waals surface area contributed by atoms with Crippen molar-refractivity contribution < 1.29 is 37.1 Å². The number of aryl methyl sites for hydroxylation is 1. The Morgan fingerprint density at radius 2 is 1.34 bits per heavy atom. The summed E-state index contributed by atoms with van der Waals surface area (Å²) in [5.74, 6) is -2.04. The molecule has 1 rings (SSSR count). The van der Waals surface area contributed by atoms with Gasteiger partial charge in [-0.3, -0.25) is 9.59 Å². The van der Waals surface area contributed by atoms with Crippen molar-refractivity contribution in [1.82, 2.24) is 4.98 Å². The fourth-order valence-electron chi connectivity index (χ4n) is 5.49. The van der Waals surface area contributed by atoms with E-state index in [4.69, 9.17) is 18.0 Å². The van der Waals surface area contributed by atoms with E-state index in [0.29, 0.717) is 25.1 Å². The minimum absolute atomic E-state index is 0.0861. The van der Waals surface area contributed by atoms with E-state index in [1.54, 1.807) is 0 Å². The molecule has 1 aromatic rings. The van der Waals surface area contributed by atoms with Crippen LogP contribution < -0.4 is 0 Å². The second kappa shape index (κ2) is 19.8. The molecule has 56 heavy (non-hydrogen) atoms. The predicted octanol–water partition coefficient (Wildman–Crippen LogP) is 12.8. The Hall–Kier alpha value is -1.33. The Morgan fingerprint density at radius 1 is 0.857 bits per heavy atom. The van der Waals surface area contributed by atoms with Crippen molar-refractivity contribution in [3.63, 3.8) is 0 Å². The van der Waals surface area contributed by atoms with Crippen molar-refractivity contribution in [3.8, 4) is 0 Å². The molecule has 0 bridgehead atoms. The van der Waals surface area contributed by atoms with Gasteiger partial charge in [0, 0.05) is 16.7 Å². The van der Waals surface area contributed by atoms with Crippen molar-refractivity contribution in [2.24, 2.45) is 11.3 Å². The number of Topliss-reactive ketones (excluding diaryl/α,β-unsaturated/α-hetero) is 1. The summed E-state index contributed by atoms with van der Waals surface area (Å²) in [5.41, 5.74) is 0.541. The van der Waals surface area contributed by atoms with Gasteiger partial charge in [0.15, 0.2) is 25.0 Å². The Kier molecular flexibility index (Phi) is 18.6. The van der Waals surface area contributed by atoms with Gasteiger partial charge in [-0.25, -0.2) is 9.37 Å². The number of hydrogen-bond acceptors (Lipinski definition) is 8. The number of carbonyl (C=O) groups excluding carboxylic acids is 1. The van der Waals surface area contributed by atoms with Gasteiger partial charge in [0.25, 0.3) is 0 Å². The van der Waals surface area contributed by atoms with Gasteiger partial charge in [-0.05, 0) is 94.1 Å². The first kappa shape index (κ1) is 52.7. The van der Waals surface area contributed by atoms with Crippen molar-refractivity contribution >= 4 is 54.1 Å². The van der Waals surface area contributed by atoms with Crippen LogP contribution in [0.15, 0.2) is 22.9 Å². The van der Waals surface area contributed by atoms with E-state index in [0.717, 1.165) is 10.6 Å². The van der Waals surface area contributed by atoms with Crippen molar-refractivity contribution in [3.05, 3.63) is 33.6 Å². The topological polar surface area (TPSA) is 104 Å². The van der Waals surface area contributed by atoms with Crippen LogP contribution in [0.1, 0.15) is 127 Å². The van der Waals surface area contributed by atoms with E-state index >= 15 is 4.39 Å². The van der Waals surface area contributed by atoms with Crippen LogP contribution in [-0.2, 0) is 27.6 Å². The SMILES string of the molecule is C/C(=C\C[C@H](O[Si](C)(C)C(C)(C)C)/C(F)=C\c1csc(C)n1)CCO[C@H](C)[C@@H](O[Si](C)(C)C(C)(C)C)[C@@H](C)C(=O)C(C)(C)[C@H](CC(=O)O)O[Si](C)(C)C(C)(C)C. The van der Waals surface area contributed by atoms with E-state index < -0.39 is 66.7 Å². The standard InChI is InChI=1S/C43H80FNO7SSi3/c1-29(22-23-35(50-54(16,17)40(5,6)7)34(44)26-33-28-53-32(4)45-33)24-25-49-31(3)38(52-56(20,21)42(11,12)13)30(2)39(48)43(14,15)36(27-37(46)47)51-55(18,19)41(8,9)10/h22,26,28,30-31,35-36,38H,23-25,27H2,1-21H3,(H,46,47)/b29-22+,34-26+/t30-,31-,35+,36+,38+/m1/s1. The number of ether oxygens (including phenoxy) is 1. The average molecular weight is 858 g/mol. The van der Waals surface area contributed by atoms with Crippen LogP contribution in [-0.4, -0.2) is 77.8 Å². The number of nitrogens with zero attached hydrogens (tertiary/aromatic N) is 1. The molecule has 1 heterocycles. The average Bonchev–Trinajstić information content (AvgIpc) is 3.42. The Labute approximate surface area is 348 Å². The predicted molar refractivity (Wildman–Crippen MR) is 241 cm³/mol. The largest absolute Gasteiger partial charge is 0.481 e. The molecule has 0 aliphatic rings. The zero-order valence-electron chi connectivity index (χ0n) is 39.1. The number of halogens is 1. The Balaban J connectivity index is 3.37. The first-order chi connectivity index (χ1) is 25.0. The van der Waals surface area contributed by atoms with Gasteiger partial charge in [0.1, 0.15) is 17.7 Å². The fourth-order valence-corrected chi connectivity index (χ4v) is 10.2. The van der Waals surface area contributed by atoms with Gasteiger partial charge in [-0.2, -0.15) is 0 Å². The third kappa shape index (κ3) is 15.0. The van der Waals surface area contributed by atoms with Crippen molar-refractivity contribution in [2.75, 3.05) is 6.61 Å². The van der Waals surface area contributed by atoms with Crippen LogP contribution >= 0.6 is 11.3 Å². The molecular weight excluding hydrogens is 778 g/mol. The molecular formula is C43H80FNO7SSi3. The number of carboxylic acid groups (broad SMARTS) is 1. The van der Waals surface area contributed by atoms with Gasteiger partial charge >= 0.3 is 5.97 Å².